The number of unbranched alkanes of at least 4 members (excludes halogenated alkanes) is 1. The minimum atomic E-state index is -4.12. The molecule has 0 bridgehead atoms. The van der Waals surface area contributed by atoms with Gasteiger partial charge in [-0.3, -0.25) is 4.79 Å². The Hall–Kier alpha value is -2.52. The second kappa shape index (κ2) is 8.24. The van der Waals surface area contributed by atoms with Crippen molar-refractivity contribution in [1.29, 1.82) is 0 Å². The first-order chi connectivity index (χ1) is 12.3. The number of esters is 1. The summed E-state index contributed by atoms with van der Waals surface area (Å²) in [5, 5.41) is 9.84. The van der Waals surface area contributed by atoms with Crippen LogP contribution in [-0.2, 0) is 19.6 Å². The molecule has 1 atom stereocenters. The molecule has 0 saturated heterocycles. The smallest absolute Gasteiger partial charge is 0.357 e. The summed E-state index contributed by atoms with van der Waals surface area (Å²) < 4.78 is 32.4. The van der Waals surface area contributed by atoms with Crippen molar-refractivity contribution in [2.45, 2.75) is 37.1 Å². The van der Waals surface area contributed by atoms with Crippen LogP contribution in [0.5, 0.6) is 0 Å². The van der Waals surface area contributed by atoms with E-state index in [2.05, 4.69) is 14.4 Å². The number of aromatic nitrogens is 1. The fraction of sp³-hybridized carbons (Fsp3) is 0.353. The van der Waals surface area contributed by atoms with E-state index in [9.17, 15) is 23.1 Å². The van der Waals surface area contributed by atoms with Gasteiger partial charge in [0.2, 0.25) is 10.0 Å². The molecule has 2 aromatic rings. The standard InChI is InChI=1S/C17H20N2O6S/c1-3-4-7-13(16(20)21)19-26(23,24)14-8-5-6-12-11(14)9-10-18-15(12)17(22)25-2/h5-6,8-10,13,19H,3-4,7H2,1-2H3,(H,20,21). The van der Waals surface area contributed by atoms with Crippen molar-refractivity contribution in [2.24, 2.45) is 0 Å². The van der Waals surface area contributed by atoms with Crippen LogP contribution >= 0.6 is 0 Å². The average Bonchev–Trinajstić information content (AvgIpc) is 2.63. The van der Waals surface area contributed by atoms with Crippen LogP contribution in [0.15, 0.2) is 35.4 Å². The Morgan fingerprint density at radius 1 is 1.27 bits per heavy atom. The highest BCUT2D eigenvalue weighted by atomic mass is 32.2. The summed E-state index contributed by atoms with van der Waals surface area (Å²) in [6.07, 6.45) is 2.81. The van der Waals surface area contributed by atoms with Crippen molar-refractivity contribution in [3.63, 3.8) is 0 Å². The molecule has 0 saturated carbocycles. The predicted octanol–water partition coefficient (Wildman–Crippen LogP) is 1.94. The molecule has 2 N–H and O–H groups in total. The van der Waals surface area contributed by atoms with Crippen molar-refractivity contribution in [2.75, 3.05) is 7.11 Å². The van der Waals surface area contributed by atoms with Gasteiger partial charge in [0.1, 0.15) is 6.04 Å². The van der Waals surface area contributed by atoms with Crippen LogP contribution < -0.4 is 4.72 Å². The second-order valence-corrected chi connectivity index (χ2v) is 7.34. The number of hydrogen-bond acceptors (Lipinski definition) is 6. The fourth-order valence-corrected chi connectivity index (χ4v) is 4.01. The molecule has 140 valence electrons. The molecule has 8 nitrogen and oxygen atoms in total. The number of methoxy groups -OCH3 is 1. The first-order valence-electron chi connectivity index (χ1n) is 8.03. The number of carboxylic acid groups (broad SMARTS) is 1. The topological polar surface area (TPSA) is 123 Å². The van der Waals surface area contributed by atoms with E-state index in [0.29, 0.717) is 11.8 Å². The predicted molar refractivity (Wildman–Crippen MR) is 94.4 cm³/mol. The maximum Gasteiger partial charge on any atom is 0.357 e. The Bertz CT molecular complexity index is 926. The van der Waals surface area contributed by atoms with E-state index in [1.807, 2.05) is 6.92 Å². The number of carbonyl (C=O) groups excluding carboxylic acids is 1. The summed E-state index contributed by atoms with van der Waals surface area (Å²) in [5.41, 5.74) is -0.0113. The van der Waals surface area contributed by atoms with Crippen LogP contribution in [0.1, 0.15) is 36.7 Å². The van der Waals surface area contributed by atoms with E-state index in [0.717, 1.165) is 6.42 Å². The minimum absolute atomic E-state index is 0.0113. The molecule has 0 radical (unpaired) electrons. The van der Waals surface area contributed by atoms with Gasteiger partial charge in [0.05, 0.1) is 12.0 Å². The summed E-state index contributed by atoms with van der Waals surface area (Å²) in [4.78, 5) is 27.0. The van der Waals surface area contributed by atoms with Gasteiger partial charge in [-0.25, -0.2) is 18.2 Å². The lowest BCUT2D eigenvalue weighted by molar-refractivity contribution is -0.139. The van der Waals surface area contributed by atoms with Crippen LogP contribution in [0.2, 0.25) is 0 Å². The molecule has 0 amide bonds. The third kappa shape index (κ3) is 4.17. The van der Waals surface area contributed by atoms with Gasteiger partial charge < -0.3 is 9.84 Å². The van der Waals surface area contributed by atoms with Gasteiger partial charge >= 0.3 is 11.9 Å². The monoisotopic (exact) mass is 380 g/mol. The molecule has 1 unspecified atom stereocenters. The van der Waals surface area contributed by atoms with Crippen LogP contribution in [0.25, 0.3) is 10.8 Å². The van der Waals surface area contributed by atoms with Crippen molar-refractivity contribution < 1.29 is 27.9 Å². The second-order valence-electron chi connectivity index (χ2n) is 5.66. The molecular formula is C17H20N2O6S. The highest BCUT2D eigenvalue weighted by Crippen LogP contribution is 2.25. The number of aliphatic carboxylic acids is 1. The van der Waals surface area contributed by atoms with Crippen LogP contribution in [0.4, 0.5) is 0 Å². The quantitative estimate of drug-likeness (QED) is 0.671. The number of sulfonamides is 1. The molecule has 0 aliphatic rings. The maximum absolute atomic E-state index is 12.8. The number of ether oxygens (including phenoxy) is 1. The number of benzene rings is 1. The summed E-state index contributed by atoms with van der Waals surface area (Å²) >= 11 is 0. The van der Waals surface area contributed by atoms with E-state index in [-0.39, 0.29) is 22.4 Å². The van der Waals surface area contributed by atoms with Gasteiger partial charge in [0.25, 0.3) is 0 Å². The Morgan fingerprint density at radius 3 is 2.62 bits per heavy atom. The van der Waals surface area contributed by atoms with Crippen molar-refractivity contribution in [3.05, 3.63) is 36.2 Å². The van der Waals surface area contributed by atoms with Gasteiger partial charge in [0.15, 0.2) is 5.69 Å². The van der Waals surface area contributed by atoms with Gasteiger partial charge in [-0.1, -0.05) is 31.9 Å². The zero-order valence-corrected chi connectivity index (χ0v) is 15.2. The van der Waals surface area contributed by atoms with E-state index in [1.165, 1.54) is 31.5 Å². The fourth-order valence-electron chi connectivity index (χ4n) is 2.56. The summed E-state index contributed by atoms with van der Waals surface area (Å²) in [5.74, 6) is -1.93. The van der Waals surface area contributed by atoms with E-state index >= 15 is 0 Å². The van der Waals surface area contributed by atoms with Crippen LogP contribution in [0, 0.1) is 0 Å². The zero-order chi connectivity index (χ0) is 19.3. The molecule has 9 heteroatoms. The molecule has 1 heterocycles. The summed E-state index contributed by atoms with van der Waals surface area (Å²) in [6.45, 7) is 1.89. The molecule has 2 rings (SSSR count). The SMILES string of the molecule is CCCCC(NS(=O)(=O)c1cccc2c(C(=O)OC)nccc12)C(=O)O. The van der Waals surface area contributed by atoms with Gasteiger partial charge in [-0.05, 0) is 18.6 Å². The molecule has 0 aliphatic carbocycles. The minimum Gasteiger partial charge on any atom is -0.480 e. The molecular weight excluding hydrogens is 360 g/mol. The van der Waals surface area contributed by atoms with E-state index in [1.54, 1.807) is 6.07 Å². The highest BCUT2D eigenvalue weighted by Gasteiger charge is 2.27. The number of rotatable bonds is 8. The van der Waals surface area contributed by atoms with E-state index < -0.39 is 28.0 Å². The zero-order valence-electron chi connectivity index (χ0n) is 14.4. The number of pyridine rings is 1. The number of nitrogens with zero attached hydrogens (tertiary/aromatic N) is 1. The molecule has 26 heavy (non-hydrogen) atoms. The Morgan fingerprint density at radius 2 is 2.00 bits per heavy atom. The Labute approximate surface area is 151 Å². The van der Waals surface area contributed by atoms with E-state index in [4.69, 9.17) is 0 Å². The lowest BCUT2D eigenvalue weighted by atomic mass is 10.1. The van der Waals surface area contributed by atoms with Gasteiger partial charge in [-0.2, -0.15) is 4.72 Å². The normalized spacial score (nSPS) is 12.7. The van der Waals surface area contributed by atoms with Crippen LogP contribution in [0.3, 0.4) is 0 Å². The van der Waals surface area contributed by atoms with Crippen LogP contribution in [-0.4, -0.2) is 43.6 Å². The third-order valence-corrected chi connectivity index (χ3v) is 5.41. The number of carboxylic acids is 1. The largest absolute Gasteiger partial charge is 0.480 e. The lowest BCUT2D eigenvalue weighted by Crippen LogP contribution is -2.40. The Kier molecular flexibility index (Phi) is 6.27. The number of carbonyl (C=O) groups is 2. The third-order valence-electron chi connectivity index (χ3n) is 3.88. The summed E-state index contributed by atoms with van der Waals surface area (Å²) in [7, 11) is -2.92. The van der Waals surface area contributed by atoms with Crippen molar-refractivity contribution in [3.8, 4) is 0 Å². The summed E-state index contributed by atoms with van der Waals surface area (Å²) in [6, 6.07) is 4.60. The van der Waals surface area contributed by atoms with Gasteiger partial charge in [-0.15, -0.1) is 0 Å². The molecule has 0 aliphatic heterocycles. The highest BCUT2D eigenvalue weighted by molar-refractivity contribution is 7.89. The molecule has 0 spiro atoms. The van der Waals surface area contributed by atoms with Crippen molar-refractivity contribution >= 4 is 32.7 Å². The maximum atomic E-state index is 12.8. The lowest BCUT2D eigenvalue weighted by Gasteiger charge is -2.16. The number of fused-ring (bicyclic) bond motifs is 1. The molecule has 1 aromatic heterocycles. The van der Waals surface area contributed by atoms with Crippen molar-refractivity contribution in [1.82, 2.24) is 9.71 Å². The average molecular weight is 380 g/mol. The number of hydrogen-bond donors (Lipinski definition) is 2. The number of nitrogens with one attached hydrogen (secondary N) is 1. The van der Waals surface area contributed by atoms with Gasteiger partial charge in [0, 0.05) is 17.0 Å². The first-order valence-corrected chi connectivity index (χ1v) is 9.51. The molecule has 1 aromatic carbocycles. The Balaban J connectivity index is 2.51. The molecule has 0 fully saturated rings. The first kappa shape index (κ1) is 19.8.